The number of aliphatic hydroxyl groups is 1. The van der Waals surface area contributed by atoms with E-state index in [0.29, 0.717) is 13.0 Å². The van der Waals surface area contributed by atoms with E-state index in [-0.39, 0.29) is 6.61 Å². The molecule has 19 heavy (non-hydrogen) atoms. The van der Waals surface area contributed by atoms with Crippen molar-refractivity contribution in [2.75, 3.05) is 19.0 Å². The van der Waals surface area contributed by atoms with Gasteiger partial charge in [-0.1, -0.05) is 18.2 Å². The molecule has 0 aliphatic heterocycles. The van der Waals surface area contributed by atoms with Crippen molar-refractivity contribution in [1.29, 1.82) is 0 Å². The second-order valence-electron chi connectivity index (χ2n) is 4.17. The SMILES string of the molecule is CNc1ncccc1COc1ccc(CCO)cc1. The Morgan fingerprint density at radius 1 is 1.21 bits per heavy atom. The van der Waals surface area contributed by atoms with Crippen molar-refractivity contribution >= 4 is 5.82 Å². The Hall–Kier alpha value is -2.07. The lowest BCUT2D eigenvalue weighted by molar-refractivity contribution is 0.298. The Bertz CT molecular complexity index is 512. The largest absolute Gasteiger partial charge is 0.489 e. The summed E-state index contributed by atoms with van der Waals surface area (Å²) < 4.78 is 5.73. The molecule has 0 saturated carbocycles. The van der Waals surface area contributed by atoms with Crippen molar-refractivity contribution in [2.24, 2.45) is 0 Å². The zero-order chi connectivity index (χ0) is 13.5. The van der Waals surface area contributed by atoms with Gasteiger partial charge < -0.3 is 15.2 Å². The summed E-state index contributed by atoms with van der Waals surface area (Å²) in [5.41, 5.74) is 2.12. The molecular formula is C15H18N2O2. The molecule has 0 atom stereocenters. The van der Waals surface area contributed by atoms with Crippen LogP contribution in [0.5, 0.6) is 5.75 Å². The number of hydrogen-bond acceptors (Lipinski definition) is 4. The van der Waals surface area contributed by atoms with Crippen LogP contribution >= 0.6 is 0 Å². The first-order chi connectivity index (χ1) is 9.33. The van der Waals surface area contributed by atoms with Crippen LogP contribution in [-0.2, 0) is 13.0 Å². The molecule has 2 rings (SSSR count). The van der Waals surface area contributed by atoms with E-state index in [1.54, 1.807) is 6.20 Å². The second-order valence-corrected chi connectivity index (χ2v) is 4.17. The average molecular weight is 258 g/mol. The molecule has 1 heterocycles. The molecule has 0 saturated heterocycles. The zero-order valence-electron chi connectivity index (χ0n) is 11.0. The summed E-state index contributed by atoms with van der Waals surface area (Å²) in [6.45, 7) is 0.644. The van der Waals surface area contributed by atoms with Gasteiger partial charge in [-0.25, -0.2) is 4.98 Å². The second kappa shape index (κ2) is 6.75. The fourth-order valence-corrected chi connectivity index (χ4v) is 1.82. The van der Waals surface area contributed by atoms with E-state index < -0.39 is 0 Å². The van der Waals surface area contributed by atoms with Crippen molar-refractivity contribution < 1.29 is 9.84 Å². The van der Waals surface area contributed by atoms with Crippen LogP contribution in [0.25, 0.3) is 0 Å². The van der Waals surface area contributed by atoms with Crippen molar-refractivity contribution in [3.8, 4) is 5.75 Å². The van der Waals surface area contributed by atoms with Gasteiger partial charge in [-0.3, -0.25) is 0 Å². The Kier molecular flexibility index (Phi) is 4.75. The number of hydrogen-bond donors (Lipinski definition) is 2. The van der Waals surface area contributed by atoms with Crippen LogP contribution in [-0.4, -0.2) is 23.7 Å². The Balaban J connectivity index is 1.98. The van der Waals surface area contributed by atoms with Crippen molar-refractivity contribution in [2.45, 2.75) is 13.0 Å². The third kappa shape index (κ3) is 3.69. The fourth-order valence-electron chi connectivity index (χ4n) is 1.82. The quantitative estimate of drug-likeness (QED) is 0.834. The van der Waals surface area contributed by atoms with Gasteiger partial charge in [0.05, 0.1) is 0 Å². The maximum absolute atomic E-state index is 8.85. The third-order valence-electron chi connectivity index (χ3n) is 2.85. The predicted octanol–water partition coefficient (Wildman–Crippen LogP) is 2.24. The molecule has 0 aliphatic carbocycles. The highest BCUT2D eigenvalue weighted by molar-refractivity contribution is 5.42. The normalized spacial score (nSPS) is 10.2. The van der Waals surface area contributed by atoms with Gasteiger partial charge in [-0.2, -0.15) is 0 Å². The highest BCUT2D eigenvalue weighted by Gasteiger charge is 2.02. The molecule has 0 radical (unpaired) electrons. The number of anilines is 1. The molecule has 1 aromatic heterocycles. The van der Waals surface area contributed by atoms with Crippen LogP contribution < -0.4 is 10.1 Å². The van der Waals surface area contributed by atoms with Gasteiger partial charge in [0.1, 0.15) is 18.2 Å². The Morgan fingerprint density at radius 2 is 2.00 bits per heavy atom. The monoisotopic (exact) mass is 258 g/mol. The van der Waals surface area contributed by atoms with E-state index in [4.69, 9.17) is 9.84 Å². The first-order valence-corrected chi connectivity index (χ1v) is 6.27. The number of benzene rings is 1. The van der Waals surface area contributed by atoms with Gasteiger partial charge in [-0.15, -0.1) is 0 Å². The summed E-state index contributed by atoms with van der Waals surface area (Å²) in [6, 6.07) is 11.6. The highest BCUT2D eigenvalue weighted by Crippen LogP contribution is 2.17. The van der Waals surface area contributed by atoms with E-state index in [9.17, 15) is 0 Å². The predicted molar refractivity (Wildman–Crippen MR) is 75.3 cm³/mol. The van der Waals surface area contributed by atoms with E-state index in [2.05, 4.69) is 10.3 Å². The summed E-state index contributed by atoms with van der Waals surface area (Å²) in [5.74, 6) is 1.65. The molecule has 100 valence electrons. The summed E-state index contributed by atoms with van der Waals surface area (Å²) >= 11 is 0. The summed E-state index contributed by atoms with van der Waals surface area (Å²) in [5, 5.41) is 11.9. The standard InChI is InChI=1S/C15H18N2O2/c1-16-15-13(3-2-9-17-15)11-19-14-6-4-12(5-7-14)8-10-18/h2-7,9,18H,8,10-11H2,1H3,(H,16,17). The van der Waals surface area contributed by atoms with Gasteiger partial charge in [0.25, 0.3) is 0 Å². The van der Waals surface area contributed by atoms with E-state index in [0.717, 1.165) is 22.7 Å². The van der Waals surface area contributed by atoms with Crippen LogP contribution in [0.2, 0.25) is 0 Å². The molecule has 0 bridgehead atoms. The summed E-state index contributed by atoms with van der Waals surface area (Å²) in [4.78, 5) is 4.23. The first-order valence-electron chi connectivity index (χ1n) is 6.27. The van der Waals surface area contributed by atoms with E-state index in [1.807, 2.05) is 43.4 Å². The number of nitrogens with zero attached hydrogens (tertiary/aromatic N) is 1. The highest BCUT2D eigenvalue weighted by atomic mass is 16.5. The van der Waals surface area contributed by atoms with Gasteiger partial charge in [0.15, 0.2) is 0 Å². The zero-order valence-corrected chi connectivity index (χ0v) is 11.0. The lowest BCUT2D eigenvalue weighted by atomic mass is 10.1. The molecule has 1 aromatic carbocycles. The van der Waals surface area contributed by atoms with Gasteiger partial charge in [0, 0.05) is 25.4 Å². The minimum Gasteiger partial charge on any atom is -0.489 e. The molecule has 0 aliphatic rings. The van der Waals surface area contributed by atoms with Gasteiger partial charge in [-0.05, 0) is 30.2 Å². The van der Waals surface area contributed by atoms with Crippen molar-refractivity contribution in [3.05, 3.63) is 53.7 Å². The third-order valence-corrected chi connectivity index (χ3v) is 2.85. The van der Waals surface area contributed by atoms with Crippen LogP contribution in [0.3, 0.4) is 0 Å². The molecular weight excluding hydrogens is 240 g/mol. The lowest BCUT2D eigenvalue weighted by Gasteiger charge is -2.10. The summed E-state index contributed by atoms with van der Waals surface area (Å²) in [6.07, 6.45) is 2.42. The molecule has 0 unspecified atom stereocenters. The summed E-state index contributed by atoms with van der Waals surface area (Å²) in [7, 11) is 1.84. The molecule has 2 N–H and O–H groups in total. The maximum atomic E-state index is 8.85. The Morgan fingerprint density at radius 3 is 2.68 bits per heavy atom. The van der Waals surface area contributed by atoms with Crippen molar-refractivity contribution in [3.63, 3.8) is 0 Å². The van der Waals surface area contributed by atoms with E-state index in [1.165, 1.54) is 0 Å². The topological polar surface area (TPSA) is 54.4 Å². The molecule has 4 heteroatoms. The molecule has 0 spiro atoms. The number of nitrogens with one attached hydrogen (secondary N) is 1. The first kappa shape index (κ1) is 13.4. The van der Waals surface area contributed by atoms with Crippen molar-refractivity contribution in [1.82, 2.24) is 4.98 Å². The Labute approximate surface area is 113 Å². The number of aliphatic hydroxyl groups excluding tert-OH is 1. The number of rotatable bonds is 6. The number of pyridine rings is 1. The van der Waals surface area contributed by atoms with Crippen LogP contribution in [0.15, 0.2) is 42.6 Å². The average Bonchev–Trinajstić information content (AvgIpc) is 2.47. The smallest absolute Gasteiger partial charge is 0.132 e. The minimum atomic E-state index is 0.168. The number of aromatic nitrogens is 1. The van der Waals surface area contributed by atoms with E-state index >= 15 is 0 Å². The molecule has 0 fully saturated rings. The lowest BCUT2D eigenvalue weighted by Crippen LogP contribution is -2.02. The van der Waals surface area contributed by atoms with Crippen LogP contribution in [0.1, 0.15) is 11.1 Å². The fraction of sp³-hybridized carbons (Fsp3) is 0.267. The van der Waals surface area contributed by atoms with Gasteiger partial charge >= 0.3 is 0 Å². The van der Waals surface area contributed by atoms with Crippen LogP contribution in [0.4, 0.5) is 5.82 Å². The molecule has 0 amide bonds. The number of ether oxygens (including phenoxy) is 1. The minimum absolute atomic E-state index is 0.168. The van der Waals surface area contributed by atoms with Crippen LogP contribution in [0, 0.1) is 0 Å². The molecule has 2 aromatic rings. The maximum Gasteiger partial charge on any atom is 0.132 e. The van der Waals surface area contributed by atoms with Gasteiger partial charge in [0.2, 0.25) is 0 Å². The molecule has 4 nitrogen and oxygen atoms in total.